The Morgan fingerprint density at radius 3 is 2.06 bits per heavy atom. The predicted molar refractivity (Wildman–Crippen MR) is 69.6 cm³/mol. The van der Waals surface area contributed by atoms with Crippen LogP contribution in [0.15, 0.2) is 39.5 Å². The van der Waals surface area contributed by atoms with E-state index in [1.807, 2.05) is 5.38 Å². The summed E-state index contributed by atoms with van der Waals surface area (Å²) in [5, 5.41) is 1.84. The molecule has 0 N–H and O–H groups in total. The standard InChI is InChI=1S/C12H6BrNO2S/c13-10-9(5-6-17-10)14-11(15)7-3-1-2-4-8(7)12(14)16/h1-6H. The van der Waals surface area contributed by atoms with Gasteiger partial charge in [-0.3, -0.25) is 9.59 Å². The molecule has 0 spiro atoms. The van der Waals surface area contributed by atoms with Crippen LogP contribution in [0.3, 0.4) is 0 Å². The third-order valence-corrected chi connectivity index (χ3v) is 4.29. The number of amides is 2. The molecular weight excluding hydrogens is 302 g/mol. The van der Waals surface area contributed by atoms with E-state index in [2.05, 4.69) is 15.9 Å². The van der Waals surface area contributed by atoms with Gasteiger partial charge in [0.05, 0.1) is 20.6 Å². The first-order chi connectivity index (χ1) is 8.20. The molecule has 1 aromatic heterocycles. The Balaban J connectivity index is 2.16. The molecule has 2 aromatic rings. The van der Waals surface area contributed by atoms with E-state index in [4.69, 9.17) is 0 Å². The number of carbonyl (C=O) groups is 2. The van der Waals surface area contributed by atoms with Crippen molar-refractivity contribution in [3.05, 3.63) is 50.6 Å². The molecule has 2 heterocycles. The molecule has 0 aliphatic carbocycles. The highest BCUT2D eigenvalue weighted by Crippen LogP contribution is 2.36. The molecule has 0 saturated carbocycles. The van der Waals surface area contributed by atoms with Gasteiger partial charge in [-0.1, -0.05) is 12.1 Å². The topological polar surface area (TPSA) is 37.4 Å². The number of nitrogens with zero attached hydrogens (tertiary/aromatic N) is 1. The van der Waals surface area contributed by atoms with Crippen molar-refractivity contribution in [2.45, 2.75) is 0 Å². The van der Waals surface area contributed by atoms with Crippen LogP contribution < -0.4 is 4.90 Å². The van der Waals surface area contributed by atoms with Crippen molar-refractivity contribution in [2.75, 3.05) is 4.90 Å². The number of anilines is 1. The van der Waals surface area contributed by atoms with Crippen LogP contribution in [-0.2, 0) is 0 Å². The first-order valence-electron chi connectivity index (χ1n) is 4.91. The summed E-state index contributed by atoms with van der Waals surface area (Å²) in [4.78, 5) is 25.5. The number of hydrogen-bond donors (Lipinski definition) is 0. The molecule has 1 aliphatic heterocycles. The lowest BCUT2D eigenvalue weighted by Gasteiger charge is -2.12. The first-order valence-corrected chi connectivity index (χ1v) is 6.58. The van der Waals surface area contributed by atoms with Crippen LogP contribution in [0.1, 0.15) is 20.7 Å². The van der Waals surface area contributed by atoms with E-state index in [0.717, 1.165) is 3.79 Å². The summed E-state index contributed by atoms with van der Waals surface area (Å²) >= 11 is 4.79. The Hall–Kier alpha value is -1.46. The fourth-order valence-electron chi connectivity index (χ4n) is 1.85. The van der Waals surface area contributed by atoms with Crippen molar-refractivity contribution in [3.63, 3.8) is 0 Å². The summed E-state index contributed by atoms with van der Waals surface area (Å²) in [5.74, 6) is -0.519. The Morgan fingerprint density at radius 2 is 1.59 bits per heavy atom. The maximum Gasteiger partial charge on any atom is 0.266 e. The molecule has 1 aliphatic rings. The Bertz CT molecular complexity index is 600. The maximum absolute atomic E-state index is 12.1. The second kappa shape index (κ2) is 3.78. The third kappa shape index (κ3) is 1.46. The van der Waals surface area contributed by atoms with Gasteiger partial charge in [0, 0.05) is 0 Å². The van der Waals surface area contributed by atoms with Gasteiger partial charge in [-0.2, -0.15) is 0 Å². The van der Waals surface area contributed by atoms with Crippen molar-refractivity contribution in [3.8, 4) is 0 Å². The van der Waals surface area contributed by atoms with Crippen molar-refractivity contribution in [1.29, 1.82) is 0 Å². The molecule has 0 fully saturated rings. The third-order valence-electron chi connectivity index (χ3n) is 2.63. The van der Waals surface area contributed by atoms with E-state index in [0.29, 0.717) is 16.8 Å². The lowest BCUT2D eigenvalue weighted by Crippen LogP contribution is -2.29. The van der Waals surface area contributed by atoms with Crippen LogP contribution in [0.5, 0.6) is 0 Å². The fraction of sp³-hybridized carbons (Fsp3) is 0. The average molecular weight is 308 g/mol. The van der Waals surface area contributed by atoms with Gasteiger partial charge in [-0.25, -0.2) is 4.90 Å². The molecule has 5 heteroatoms. The molecule has 2 amide bonds. The van der Waals surface area contributed by atoms with E-state index in [-0.39, 0.29) is 11.8 Å². The van der Waals surface area contributed by atoms with Crippen molar-refractivity contribution in [1.82, 2.24) is 0 Å². The molecule has 3 nitrogen and oxygen atoms in total. The molecule has 1 aromatic carbocycles. The van der Waals surface area contributed by atoms with E-state index in [1.54, 1.807) is 30.3 Å². The summed E-state index contributed by atoms with van der Waals surface area (Å²) in [6, 6.07) is 8.63. The zero-order valence-corrected chi connectivity index (χ0v) is 10.9. The van der Waals surface area contributed by atoms with Gasteiger partial charge in [-0.05, 0) is 39.5 Å². The van der Waals surface area contributed by atoms with Crippen molar-refractivity contribution in [2.24, 2.45) is 0 Å². The minimum absolute atomic E-state index is 0.260. The number of imide groups is 1. The highest BCUT2D eigenvalue weighted by atomic mass is 79.9. The van der Waals surface area contributed by atoms with E-state index in [9.17, 15) is 9.59 Å². The molecule has 3 rings (SSSR count). The molecule has 0 bridgehead atoms. The first kappa shape index (κ1) is 10.7. The Labute approximate surface area is 110 Å². The maximum atomic E-state index is 12.1. The normalized spacial score (nSPS) is 14.3. The van der Waals surface area contributed by atoms with E-state index < -0.39 is 0 Å². The lowest BCUT2D eigenvalue weighted by molar-refractivity contribution is 0.0926. The summed E-state index contributed by atoms with van der Waals surface area (Å²) in [7, 11) is 0. The lowest BCUT2D eigenvalue weighted by atomic mass is 10.1. The van der Waals surface area contributed by atoms with E-state index >= 15 is 0 Å². The average Bonchev–Trinajstić information content (AvgIpc) is 2.84. The van der Waals surface area contributed by atoms with Gasteiger partial charge in [0.15, 0.2) is 0 Å². The summed E-state index contributed by atoms with van der Waals surface area (Å²) in [6.07, 6.45) is 0. The zero-order chi connectivity index (χ0) is 12.0. The van der Waals surface area contributed by atoms with Gasteiger partial charge in [0.2, 0.25) is 0 Å². The van der Waals surface area contributed by atoms with Gasteiger partial charge in [0.1, 0.15) is 0 Å². The molecule has 17 heavy (non-hydrogen) atoms. The van der Waals surface area contributed by atoms with Gasteiger partial charge < -0.3 is 0 Å². The second-order valence-corrected chi connectivity index (χ2v) is 5.80. The molecule has 0 atom stereocenters. The summed E-state index contributed by atoms with van der Waals surface area (Å²) in [6.45, 7) is 0. The predicted octanol–water partition coefficient (Wildman–Crippen LogP) is 3.31. The van der Waals surface area contributed by atoms with Crippen LogP contribution in [-0.4, -0.2) is 11.8 Å². The smallest absolute Gasteiger partial charge is 0.266 e. The Kier molecular flexibility index (Phi) is 2.38. The number of rotatable bonds is 1. The van der Waals surface area contributed by atoms with Crippen molar-refractivity contribution < 1.29 is 9.59 Å². The highest BCUT2D eigenvalue weighted by molar-refractivity contribution is 9.11. The monoisotopic (exact) mass is 307 g/mol. The van der Waals surface area contributed by atoms with Gasteiger partial charge >= 0.3 is 0 Å². The minimum atomic E-state index is -0.260. The van der Waals surface area contributed by atoms with Crippen LogP contribution in [0, 0.1) is 0 Å². The second-order valence-electron chi connectivity index (χ2n) is 3.57. The molecular formula is C12H6BrNO2S. The summed E-state index contributed by atoms with van der Waals surface area (Å²) in [5.41, 5.74) is 1.55. The number of carbonyl (C=O) groups excluding carboxylic acids is 2. The van der Waals surface area contributed by atoms with E-state index in [1.165, 1.54) is 16.2 Å². The minimum Gasteiger partial charge on any atom is -0.268 e. The SMILES string of the molecule is O=C1c2ccccc2C(=O)N1c1ccsc1Br. The molecule has 0 radical (unpaired) electrons. The summed E-state index contributed by atoms with van der Waals surface area (Å²) < 4.78 is 0.784. The van der Waals surface area contributed by atoms with Crippen LogP contribution >= 0.6 is 27.3 Å². The quantitative estimate of drug-likeness (QED) is 0.758. The van der Waals surface area contributed by atoms with Crippen LogP contribution in [0.25, 0.3) is 0 Å². The largest absolute Gasteiger partial charge is 0.268 e. The fourth-order valence-corrected chi connectivity index (χ4v) is 3.08. The van der Waals surface area contributed by atoms with Crippen LogP contribution in [0.4, 0.5) is 5.69 Å². The Morgan fingerprint density at radius 1 is 1.00 bits per heavy atom. The molecule has 84 valence electrons. The number of thiophene rings is 1. The highest BCUT2D eigenvalue weighted by Gasteiger charge is 2.37. The van der Waals surface area contributed by atoms with Crippen LogP contribution in [0.2, 0.25) is 0 Å². The number of benzene rings is 1. The van der Waals surface area contributed by atoms with Crippen molar-refractivity contribution >= 4 is 44.8 Å². The van der Waals surface area contributed by atoms with Gasteiger partial charge in [-0.15, -0.1) is 11.3 Å². The van der Waals surface area contributed by atoms with Gasteiger partial charge in [0.25, 0.3) is 11.8 Å². The number of hydrogen-bond acceptors (Lipinski definition) is 3. The molecule has 0 saturated heterocycles. The number of fused-ring (bicyclic) bond motifs is 1. The molecule has 0 unspecified atom stereocenters. The zero-order valence-electron chi connectivity index (χ0n) is 8.51. The number of halogens is 1.